The molecule has 4 heteroatoms. The normalized spacial score (nSPS) is 11.0. The number of benzene rings is 1. The second kappa shape index (κ2) is 3.96. The van der Waals surface area contributed by atoms with Crippen molar-refractivity contribution in [1.29, 1.82) is 0 Å². The van der Waals surface area contributed by atoms with E-state index in [1.165, 1.54) is 12.1 Å². The molecule has 0 saturated carbocycles. The van der Waals surface area contributed by atoms with E-state index >= 15 is 0 Å². The van der Waals surface area contributed by atoms with Crippen molar-refractivity contribution in [3.8, 4) is 11.3 Å². The van der Waals surface area contributed by atoms with Gasteiger partial charge in [0.15, 0.2) is 0 Å². The van der Waals surface area contributed by atoms with Gasteiger partial charge in [-0.05, 0) is 30.2 Å². The van der Waals surface area contributed by atoms with E-state index in [1.807, 2.05) is 13.8 Å². The summed E-state index contributed by atoms with van der Waals surface area (Å²) in [5.41, 5.74) is 8.54. The molecule has 3 nitrogen and oxygen atoms in total. The Kier molecular flexibility index (Phi) is 2.64. The summed E-state index contributed by atoms with van der Waals surface area (Å²) in [7, 11) is 0. The van der Waals surface area contributed by atoms with Crippen LogP contribution in [0.25, 0.3) is 11.3 Å². The number of H-pyrrole nitrogens is 1. The SMILES string of the molecule is CC(C)c1c(N)n[nH]c1-c1ccc(F)cc1. The fourth-order valence-electron chi connectivity index (χ4n) is 1.79. The van der Waals surface area contributed by atoms with Gasteiger partial charge in [-0.3, -0.25) is 5.10 Å². The van der Waals surface area contributed by atoms with Gasteiger partial charge in [0.05, 0.1) is 5.69 Å². The lowest BCUT2D eigenvalue weighted by atomic mass is 9.99. The smallest absolute Gasteiger partial charge is 0.149 e. The third-order valence-electron chi connectivity index (χ3n) is 2.54. The van der Waals surface area contributed by atoms with E-state index in [9.17, 15) is 4.39 Å². The quantitative estimate of drug-likeness (QED) is 0.815. The average Bonchev–Trinajstić information content (AvgIpc) is 2.61. The number of aromatic amines is 1. The van der Waals surface area contributed by atoms with Gasteiger partial charge in [-0.1, -0.05) is 13.8 Å². The first-order valence-electron chi connectivity index (χ1n) is 5.19. The largest absolute Gasteiger partial charge is 0.382 e. The molecule has 2 aromatic rings. The van der Waals surface area contributed by atoms with E-state index in [-0.39, 0.29) is 11.7 Å². The number of nitrogens with one attached hydrogen (secondary N) is 1. The van der Waals surface area contributed by atoms with Gasteiger partial charge in [0.2, 0.25) is 0 Å². The van der Waals surface area contributed by atoms with Gasteiger partial charge in [-0.25, -0.2) is 4.39 Å². The summed E-state index contributed by atoms with van der Waals surface area (Å²) in [6, 6.07) is 6.29. The number of halogens is 1. The highest BCUT2D eigenvalue weighted by Crippen LogP contribution is 2.31. The van der Waals surface area contributed by atoms with Crippen LogP contribution in [0.1, 0.15) is 25.3 Å². The molecule has 16 heavy (non-hydrogen) atoms. The first-order chi connectivity index (χ1) is 7.59. The summed E-state index contributed by atoms with van der Waals surface area (Å²) in [5.74, 6) is 0.537. The standard InChI is InChI=1S/C12H14FN3/c1-7(2)10-11(15-16-12(10)14)8-3-5-9(13)6-4-8/h3-7H,1-2H3,(H3,14,15,16). The van der Waals surface area contributed by atoms with Crippen molar-refractivity contribution in [1.82, 2.24) is 10.2 Å². The van der Waals surface area contributed by atoms with Crippen molar-refractivity contribution in [3.05, 3.63) is 35.6 Å². The number of nitrogen functional groups attached to an aromatic ring is 1. The molecule has 1 aromatic heterocycles. The van der Waals surface area contributed by atoms with Crippen LogP contribution in [-0.4, -0.2) is 10.2 Å². The van der Waals surface area contributed by atoms with Crippen LogP contribution in [0.5, 0.6) is 0 Å². The van der Waals surface area contributed by atoms with Crippen molar-refractivity contribution >= 4 is 5.82 Å². The molecular weight excluding hydrogens is 205 g/mol. The molecule has 0 aliphatic heterocycles. The van der Waals surface area contributed by atoms with E-state index in [0.29, 0.717) is 5.82 Å². The van der Waals surface area contributed by atoms with E-state index < -0.39 is 0 Å². The molecule has 3 N–H and O–H groups in total. The zero-order chi connectivity index (χ0) is 11.7. The first kappa shape index (κ1) is 10.7. The maximum absolute atomic E-state index is 12.8. The predicted octanol–water partition coefficient (Wildman–Crippen LogP) is 2.92. The van der Waals surface area contributed by atoms with E-state index in [4.69, 9.17) is 5.73 Å². The Bertz CT molecular complexity index is 485. The highest BCUT2D eigenvalue weighted by Gasteiger charge is 2.15. The Hall–Kier alpha value is -1.84. The first-order valence-corrected chi connectivity index (χ1v) is 5.19. The molecule has 0 unspecified atom stereocenters. The van der Waals surface area contributed by atoms with E-state index in [0.717, 1.165) is 16.8 Å². The molecule has 0 spiro atoms. The minimum absolute atomic E-state index is 0.248. The van der Waals surface area contributed by atoms with Crippen LogP contribution in [0.2, 0.25) is 0 Å². The van der Waals surface area contributed by atoms with Crippen molar-refractivity contribution in [2.75, 3.05) is 5.73 Å². The summed E-state index contributed by atoms with van der Waals surface area (Å²) in [4.78, 5) is 0. The maximum atomic E-state index is 12.8. The number of nitrogens with zero attached hydrogens (tertiary/aromatic N) is 1. The minimum Gasteiger partial charge on any atom is -0.382 e. The second-order valence-corrected chi connectivity index (χ2v) is 4.06. The van der Waals surface area contributed by atoms with Gasteiger partial charge in [0.25, 0.3) is 0 Å². The fraction of sp³-hybridized carbons (Fsp3) is 0.250. The van der Waals surface area contributed by atoms with Crippen LogP contribution in [0.15, 0.2) is 24.3 Å². The van der Waals surface area contributed by atoms with Crippen LogP contribution in [0, 0.1) is 5.82 Å². The molecule has 0 bridgehead atoms. The lowest BCUT2D eigenvalue weighted by Gasteiger charge is -2.07. The van der Waals surface area contributed by atoms with Gasteiger partial charge in [0, 0.05) is 11.1 Å². The highest BCUT2D eigenvalue weighted by molar-refractivity contribution is 5.68. The molecule has 1 heterocycles. The third kappa shape index (κ3) is 1.78. The van der Waals surface area contributed by atoms with Crippen LogP contribution in [0.3, 0.4) is 0 Å². The second-order valence-electron chi connectivity index (χ2n) is 4.06. The van der Waals surface area contributed by atoms with E-state index in [2.05, 4.69) is 10.2 Å². The van der Waals surface area contributed by atoms with Gasteiger partial charge >= 0.3 is 0 Å². The number of rotatable bonds is 2. The van der Waals surface area contributed by atoms with Crippen molar-refractivity contribution in [2.45, 2.75) is 19.8 Å². The summed E-state index contributed by atoms with van der Waals surface area (Å²) in [6.45, 7) is 4.10. The molecule has 2 rings (SSSR count). The predicted molar refractivity (Wildman–Crippen MR) is 62.5 cm³/mol. The molecule has 0 aliphatic rings. The van der Waals surface area contributed by atoms with Crippen LogP contribution < -0.4 is 5.73 Å². The number of hydrogen-bond acceptors (Lipinski definition) is 2. The van der Waals surface area contributed by atoms with Gasteiger partial charge in [0.1, 0.15) is 11.6 Å². The molecule has 1 aromatic carbocycles. The van der Waals surface area contributed by atoms with Crippen LogP contribution in [0.4, 0.5) is 10.2 Å². The monoisotopic (exact) mass is 219 g/mol. The number of hydrogen-bond donors (Lipinski definition) is 2. The Morgan fingerprint density at radius 3 is 2.44 bits per heavy atom. The van der Waals surface area contributed by atoms with Crippen LogP contribution >= 0.6 is 0 Å². The number of aromatic nitrogens is 2. The van der Waals surface area contributed by atoms with Gasteiger partial charge in [-0.2, -0.15) is 5.10 Å². The van der Waals surface area contributed by atoms with Crippen molar-refractivity contribution in [3.63, 3.8) is 0 Å². The zero-order valence-corrected chi connectivity index (χ0v) is 9.29. The number of nitrogens with two attached hydrogens (primary N) is 1. The summed E-state index contributed by atoms with van der Waals surface area (Å²) in [6.07, 6.45) is 0. The molecule has 0 fully saturated rings. The summed E-state index contributed by atoms with van der Waals surface area (Å²) >= 11 is 0. The molecule has 0 saturated heterocycles. The molecule has 0 radical (unpaired) electrons. The van der Waals surface area contributed by atoms with Gasteiger partial charge in [-0.15, -0.1) is 0 Å². The third-order valence-corrected chi connectivity index (χ3v) is 2.54. The summed E-state index contributed by atoms with van der Waals surface area (Å²) in [5, 5.41) is 6.89. The fourth-order valence-corrected chi connectivity index (χ4v) is 1.79. The molecule has 84 valence electrons. The Morgan fingerprint density at radius 1 is 1.25 bits per heavy atom. The Labute approximate surface area is 93.5 Å². The van der Waals surface area contributed by atoms with Crippen molar-refractivity contribution < 1.29 is 4.39 Å². The minimum atomic E-state index is -0.248. The molecule has 0 atom stereocenters. The van der Waals surface area contributed by atoms with E-state index in [1.54, 1.807) is 12.1 Å². The van der Waals surface area contributed by atoms with Crippen molar-refractivity contribution in [2.24, 2.45) is 0 Å². The highest BCUT2D eigenvalue weighted by atomic mass is 19.1. The Balaban J connectivity index is 2.52. The lowest BCUT2D eigenvalue weighted by Crippen LogP contribution is -1.95. The lowest BCUT2D eigenvalue weighted by molar-refractivity contribution is 0.628. The van der Waals surface area contributed by atoms with Crippen LogP contribution in [-0.2, 0) is 0 Å². The Morgan fingerprint density at radius 2 is 1.88 bits per heavy atom. The maximum Gasteiger partial charge on any atom is 0.149 e. The average molecular weight is 219 g/mol. The van der Waals surface area contributed by atoms with Gasteiger partial charge < -0.3 is 5.73 Å². The molecular formula is C12H14FN3. The topological polar surface area (TPSA) is 54.7 Å². The number of anilines is 1. The summed E-state index contributed by atoms with van der Waals surface area (Å²) < 4.78 is 12.8. The molecule has 0 aliphatic carbocycles. The zero-order valence-electron chi connectivity index (χ0n) is 9.29. The molecule has 0 amide bonds.